The molecule has 0 fully saturated rings. The molecule has 1 heterocycles. The first-order chi connectivity index (χ1) is 10.4. The second kappa shape index (κ2) is 6.64. The van der Waals surface area contributed by atoms with Crippen molar-refractivity contribution in [1.82, 2.24) is 4.72 Å². The number of rotatable bonds is 5. The van der Waals surface area contributed by atoms with Gasteiger partial charge >= 0.3 is 0 Å². The van der Waals surface area contributed by atoms with Crippen molar-refractivity contribution in [3.63, 3.8) is 0 Å². The quantitative estimate of drug-likeness (QED) is 0.817. The molecule has 2 rings (SSSR count). The highest BCUT2D eigenvalue weighted by atomic mass is 32.2. The molecule has 7 nitrogen and oxygen atoms in total. The number of hydrogen-bond donors (Lipinski definition) is 2. The van der Waals surface area contributed by atoms with E-state index in [-0.39, 0.29) is 30.0 Å². The number of fused-ring (bicyclic) bond motifs is 1. The molecule has 0 bridgehead atoms. The topological polar surface area (TPSA) is 102 Å². The average Bonchev–Trinajstić information content (AvgIpc) is 2.51. The number of carbonyl (C=O) groups is 1. The minimum absolute atomic E-state index is 0.0875. The van der Waals surface area contributed by atoms with Gasteiger partial charge in [0.1, 0.15) is 11.9 Å². The number of amides is 1. The Bertz CT molecular complexity index is 660. The van der Waals surface area contributed by atoms with Gasteiger partial charge in [-0.3, -0.25) is 4.79 Å². The lowest BCUT2D eigenvalue weighted by Crippen LogP contribution is -2.42. The minimum atomic E-state index is -3.65. The SMILES string of the molecule is CCC1CN(C(C)=O)c2cc(S(=O)(=O)NCCN)ccc2O1. The van der Waals surface area contributed by atoms with Crippen LogP contribution in [-0.2, 0) is 14.8 Å². The number of nitrogens with zero attached hydrogens (tertiary/aromatic N) is 1. The molecule has 1 amide bonds. The van der Waals surface area contributed by atoms with Gasteiger partial charge < -0.3 is 15.4 Å². The highest BCUT2D eigenvalue weighted by Gasteiger charge is 2.28. The van der Waals surface area contributed by atoms with Crippen molar-refractivity contribution in [3.05, 3.63) is 18.2 Å². The Labute approximate surface area is 130 Å². The molecule has 0 saturated carbocycles. The van der Waals surface area contributed by atoms with Crippen molar-refractivity contribution < 1.29 is 17.9 Å². The predicted molar refractivity (Wildman–Crippen MR) is 83.4 cm³/mol. The summed E-state index contributed by atoms with van der Waals surface area (Å²) in [7, 11) is -3.65. The zero-order valence-corrected chi connectivity index (χ0v) is 13.5. The largest absolute Gasteiger partial charge is 0.486 e. The fraction of sp³-hybridized carbons (Fsp3) is 0.500. The molecule has 1 atom stereocenters. The van der Waals surface area contributed by atoms with Crippen LogP contribution in [0.3, 0.4) is 0 Å². The van der Waals surface area contributed by atoms with Crippen LogP contribution in [0.15, 0.2) is 23.1 Å². The summed E-state index contributed by atoms with van der Waals surface area (Å²) in [5, 5.41) is 0. The summed E-state index contributed by atoms with van der Waals surface area (Å²) in [5.74, 6) is 0.374. The molecule has 3 N–H and O–H groups in total. The summed E-state index contributed by atoms with van der Waals surface area (Å²) in [6, 6.07) is 4.51. The Morgan fingerprint density at radius 2 is 2.23 bits per heavy atom. The number of benzene rings is 1. The van der Waals surface area contributed by atoms with Crippen molar-refractivity contribution in [3.8, 4) is 5.75 Å². The third kappa shape index (κ3) is 3.40. The van der Waals surface area contributed by atoms with Crippen LogP contribution in [0.25, 0.3) is 0 Å². The molecule has 1 aromatic carbocycles. The summed E-state index contributed by atoms with van der Waals surface area (Å²) >= 11 is 0. The summed E-state index contributed by atoms with van der Waals surface area (Å²) in [4.78, 5) is 13.5. The van der Waals surface area contributed by atoms with Gasteiger partial charge in [-0.25, -0.2) is 13.1 Å². The fourth-order valence-electron chi connectivity index (χ4n) is 2.28. The smallest absolute Gasteiger partial charge is 0.240 e. The molecule has 0 saturated heterocycles. The third-order valence-electron chi connectivity index (χ3n) is 3.48. The Kier molecular flexibility index (Phi) is 5.05. The first-order valence-corrected chi connectivity index (χ1v) is 8.66. The molecule has 0 aromatic heterocycles. The van der Waals surface area contributed by atoms with Crippen LogP contribution in [0.5, 0.6) is 5.75 Å². The van der Waals surface area contributed by atoms with Crippen LogP contribution in [0, 0.1) is 0 Å². The van der Waals surface area contributed by atoms with Gasteiger partial charge in [-0.2, -0.15) is 0 Å². The molecule has 1 aliphatic heterocycles. The van der Waals surface area contributed by atoms with Crippen LogP contribution in [-0.4, -0.2) is 40.1 Å². The average molecular weight is 327 g/mol. The Hall–Kier alpha value is -1.64. The van der Waals surface area contributed by atoms with E-state index >= 15 is 0 Å². The Balaban J connectivity index is 2.41. The maximum absolute atomic E-state index is 12.2. The van der Waals surface area contributed by atoms with Gasteiger partial charge in [-0.15, -0.1) is 0 Å². The first kappa shape index (κ1) is 16.7. The molecule has 22 heavy (non-hydrogen) atoms. The lowest BCUT2D eigenvalue weighted by Gasteiger charge is -2.34. The number of nitrogens with one attached hydrogen (secondary N) is 1. The van der Waals surface area contributed by atoms with E-state index in [0.29, 0.717) is 18.0 Å². The number of anilines is 1. The summed E-state index contributed by atoms with van der Waals surface area (Å²) in [5.41, 5.74) is 5.80. The summed E-state index contributed by atoms with van der Waals surface area (Å²) in [6.07, 6.45) is 0.677. The van der Waals surface area contributed by atoms with Crippen LogP contribution >= 0.6 is 0 Å². The van der Waals surface area contributed by atoms with E-state index in [4.69, 9.17) is 10.5 Å². The highest BCUT2D eigenvalue weighted by molar-refractivity contribution is 7.89. The lowest BCUT2D eigenvalue weighted by molar-refractivity contribution is -0.117. The minimum Gasteiger partial charge on any atom is -0.486 e. The number of sulfonamides is 1. The molecule has 122 valence electrons. The number of hydrogen-bond acceptors (Lipinski definition) is 5. The highest BCUT2D eigenvalue weighted by Crippen LogP contribution is 2.36. The van der Waals surface area contributed by atoms with Gasteiger partial charge in [-0.1, -0.05) is 6.92 Å². The van der Waals surface area contributed by atoms with Crippen molar-refractivity contribution >= 4 is 21.6 Å². The monoisotopic (exact) mass is 327 g/mol. The molecular weight excluding hydrogens is 306 g/mol. The second-order valence-corrected chi connectivity index (χ2v) is 6.86. The van der Waals surface area contributed by atoms with Crippen molar-refractivity contribution in [2.75, 3.05) is 24.5 Å². The van der Waals surface area contributed by atoms with Crippen molar-refractivity contribution in [2.24, 2.45) is 5.73 Å². The fourth-order valence-corrected chi connectivity index (χ4v) is 3.35. The van der Waals surface area contributed by atoms with Crippen molar-refractivity contribution in [1.29, 1.82) is 0 Å². The maximum Gasteiger partial charge on any atom is 0.240 e. The lowest BCUT2D eigenvalue weighted by atomic mass is 10.1. The number of ether oxygens (including phenoxy) is 1. The predicted octanol–water partition coefficient (Wildman–Crippen LogP) is 0.448. The van der Waals surface area contributed by atoms with Crippen LogP contribution in [0.4, 0.5) is 5.69 Å². The van der Waals surface area contributed by atoms with E-state index in [1.54, 1.807) is 11.0 Å². The van der Waals surface area contributed by atoms with Gasteiger partial charge in [0.25, 0.3) is 0 Å². The summed E-state index contributed by atoms with van der Waals surface area (Å²) in [6.45, 7) is 4.22. The van der Waals surface area contributed by atoms with Crippen LogP contribution in [0.1, 0.15) is 20.3 Å². The van der Waals surface area contributed by atoms with E-state index in [9.17, 15) is 13.2 Å². The van der Waals surface area contributed by atoms with Crippen LogP contribution < -0.4 is 20.1 Å². The van der Waals surface area contributed by atoms with Gasteiger partial charge in [0.2, 0.25) is 15.9 Å². The van der Waals surface area contributed by atoms with Gasteiger partial charge in [0.05, 0.1) is 17.1 Å². The molecule has 0 radical (unpaired) electrons. The van der Waals surface area contributed by atoms with E-state index in [1.807, 2.05) is 6.92 Å². The van der Waals surface area contributed by atoms with Crippen molar-refractivity contribution in [2.45, 2.75) is 31.3 Å². The number of carbonyl (C=O) groups excluding carboxylic acids is 1. The molecule has 8 heteroatoms. The number of nitrogens with two attached hydrogens (primary N) is 1. The molecular formula is C14H21N3O4S. The van der Waals surface area contributed by atoms with Crippen LogP contribution in [0.2, 0.25) is 0 Å². The summed E-state index contributed by atoms with van der Waals surface area (Å²) < 4.78 is 32.5. The molecule has 1 aliphatic rings. The van der Waals surface area contributed by atoms with E-state index < -0.39 is 10.0 Å². The maximum atomic E-state index is 12.2. The van der Waals surface area contributed by atoms with Gasteiger partial charge in [0.15, 0.2) is 0 Å². The zero-order chi connectivity index (χ0) is 16.3. The molecule has 0 aliphatic carbocycles. The first-order valence-electron chi connectivity index (χ1n) is 7.17. The van der Waals surface area contributed by atoms with Gasteiger partial charge in [-0.05, 0) is 24.6 Å². The van der Waals surface area contributed by atoms with Gasteiger partial charge in [0, 0.05) is 20.0 Å². The second-order valence-electron chi connectivity index (χ2n) is 5.09. The van der Waals surface area contributed by atoms with E-state index in [1.165, 1.54) is 19.1 Å². The normalized spacial score (nSPS) is 17.8. The molecule has 1 aromatic rings. The zero-order valence-electron chi connectivity index (χ0n) is 12.7. The van der Waals surface area contributed by atoms with E-state index in [2.05, 4.69) is 4.72 Å². The van der Waals surface area contributed by atoms with E-state index in [0.717, 1.165) is 6.42 Å². The standard InChI is InChI=1S/C14H21N3O4S/c1-3-11-9-17(10(2)18)13-8-12(4-5-14(13)21-11)22(19,20)16-7-6-15/h4-5,8,11,16H,3,6-7,9,15H2,1-2H3. The third-order valence-corrected chi connectivity index (χ3v) is 4.94. The Morgan fingerprint density at radius 1 is 1.50 bits per heavy atom. The Morgan fingerprint density at radius 3 is 2.82 bits per heavy atom. The molecule has 1 unspecified atom stereocenters. The molecule has 0 spiro atoms.